The summed E-state index contributed by atoms with van der Waals surface area (Å²) in [4.78, 5) is 10.4. The van der Waals surface area contributed by atoms with Crippen molar-refractivity contribution in [3.05, 3.63) is 12.2 Å². The smallest absolute Gasteiger partial charge is 0.393 e. The summed E-state index contributed by atoms with van der Waals surface area (Å²) in [6.07, 6.45) is -5.72. The van der Waals surface area contributed by atoms with Gasteiger partial charge in [0, 0.05) is 5.57 Å². The van der Waals surface area contributed by atoms with E-state index in [4.69, 9.17) is 0 Å². The second kappa shape index (κ2) is 3.41. The number of methoxy groups -OCH3 is 1. The molecule has 0 aromatic rings. The standard InChI is InChI=1S/C6H7F3O2/c1-4(5(10)11-2)3-6(7,8)9/h1,3H2,2H3. The molecule has 0 aromatic heterocycles. The van der Waals surface area contributed by atoms with E-state index >= 15 is 0 Å². The average Bonchev–Trinajstić information content (AvgIpc) is 1.82. The van der Waals surface area contributed by atoms with Crippen molar-refractivity contribution in [2.24, 2.45) is 0 Å². The summed E-state index contributed by atoms with van der Waals surface area (Å²) in [7, 11) is 1.00. The Labute approximate surface area is 61.6 Å². The van der Waals surface area contributed by atoms with Gasteiger partial charge in [0.25, 0.3) is 0 Å². The first-order valence-electron chi connectivity index (χ1n) is 2.69. The number of ether oxygens (including phenoxy) is 1. The van der Waals surface area contributed by atoms with Crippen LogP contribution in [0.5, 0.6) is 0 Å². The first-order valence-corrected chi connectivity index (χ1v) is 2.69. The molecule has 0 aliphatic heterocycles. The Bertz CT molecular complexity index is 171. The summed E-state index contributed by atoms with van der Waals surface area (Å²) in [6, 6.07) is 0. The molecule has 0 N–H and O–H groups in total. The third kappa shape index (κ3) is 4.41. The molecular weight excluding hydrogens is 161 g/mol. The van der Waals surface area contributed by atoms with Crippen molar-refractivity contribution in [2.75, 3.05) is 7.11 Å². The molecule has 0 spiro atoms. The highest BCUT2D eigenvalue weighted by Crippen LogP contribution is 2.23. The Balaban J connectivity index is 3.99. The topological polar surface area (TPSA) is 26.3 Å². The van der Waals surface area contributed by atoms with Crippen LogP contribution in [-0.4, -0.2) is 19.3 Å². The highest BCUT2D eigenvalue weighted by molar-refractivity contribution is 5.87. The molecule has 0 aromatic carbocycles. The van der Waals surface area contributed by atoms with Crippen molar-refractivity contribution >= 4 is 5.97 Å². The molecule has 64 valence electrons. The lowest BCUT2D eigenvalue weighted by atomic mass is 10.2. The van der Waals surface area contributed by atoms with Crippen molar-refractivity contribution < 1.29 is 22.7 Å². The van der Waals surface area contributed by atoms with Gasteiger partial charge < -0.3 is 4.74 Å². The number of hydrogen-bond acceptors (Lipinski definition) is 2. The zero-order chi connectivity index (χ0) is 9.07. The average molecular weight is 168 g/mol. The fraction of sp³-hybridized carbons (Fsp3) is 0.500. The van der Waals surface area contributed by atoms with Crippen LogP contribution in [0.1, 0.15) is 6.42 Å². The second-order valence-electron chi connectivity index (χ2n) is 1.89. The summed E-state index contributed by atoms with van der Waals surface area (Å²) >= 11 is 0. The Morgan fingerprint density at radius 2 is 2.00 bits per heavy atom. The van der Waals surface area contributed by atoms with Crippen LogP contribution in [0.4, 0.5) is 13.2 Å². The van der Waals surface area contributed by atoms with Crippen molar-refractivity contribution in [2.45, 2.75) is 12.6 Å². The van der Waals surface area contributed by atoms with Crippen LogP contribution >= 0.6 is 0 Å². The Morgan fingerprint density at radius 3 is 2.27 bits per heavy atom. The van der Waals surface area contributed by atoms with Crippen LogP contribution in [-0.2, 0) is 9.53 Å². The normalized spacial score (nSPS) is 10.9. The minimum Gasteiger partial charge on any atom is -0.466 e. The van der Waals surface area contributed by atoms with Crippen LogP contribution < -0.4 is 0 Å². The lowest BCUT2D eigenvalue weighted by molar-refractivity contribution is -0.145. The number of carbonyl (C=O) groups excluding carboxylic acids is 1. The maximum Gasteiger partial charge on any atom is 0.393 e. The van der Waals surface area contributed by atoms with E-state index in [0.29, 0.717) is 0 Å². The molecule has 0 unspecified atom stereocenters. The van der Waals surface area contributed by atoms with Crippen molar-refractivity contribution in [3.63, 3.8) is 0 Å². The summed E-state index contributed by atoms with van der Waals surface area (Å²) in [5, 5.41) is 0. The predicted octanol–water partition coefficient (Wildman–Crippen LogP) is 1.67. The molecule has 0 radical (unpaired) electrons. The van der Waals surface area contributed by atoms with E-state index in [1.54, 1.807) is 0 Å². The van der Waals surface area contributed by atoms with Crippen LogP contribution in [0.3, 0.4) is 0 Å². The number of halogens is 3. The molecule has 0 saturated carbocycles. The summed E-state index contributed by atoms with van der Waals surface area (Å²) in [5.41, 5.74) is -0.583. The Morgan fingerprint density at radius 1 is 1.55 bits per heavy atom. The van der Waals surface area contributed by atoms with Gasteiger partial charge in [-0.25, -0.2) is 4.79 Å². The monoisotopic (exact) mass is 168 g/mol. The number of alkyl halides is 3. The van der Waals surface area contributed by atoms with Gasteiger partial charge in [-0.15, -0.1) is 0 Å². The van der Waals surface area contributed by atoms with E-state index in [9.17, 15) is 18.0 Å². The maximum atomic E-state index is 11.5. The van der Waals surface area contributed by atoms with E-state index < -0.39 is 24.1 Å². The van der Waals surface area contributed by atoms with Gasteiger partial charge in [0.2, 0.25) is 0 Å². The molecule has 0 atom stereocenters. The molecule has 0 aliphatic rings. The van der Waals surface area contributed by atoms with Gasteiger partial charge in [-0.2, -0.15) is 13.2 Å². The maximum absolute atomic E-state index is 11.5. The lowest BCUT2D eigenvalue weighted by Crippen LogP contribution is -2.14. The molecule has 11 heavy (non-hydrogen) atoms. The fourth-order valence-corrected chi connectivity index (χ4v) is 0.458. The summed E-state index contributed by atoms with van der Waals surface area (Å²) in [5.74, 6) is -1.03. The summed E-state index contributed by atoms with van der Waals surface area (Å²) in [6.45, 7) is 2.92. The lowest BCUT2D eigenvalue weighted by Gasteiger charge is -2.06. The van der Waals surface area contributed by atoms with Crippen LogP contribution in [0.2, 0.25) is 0 Å². The van der Waals surface area contributed by atoms with Gasteiger partial charge in [0.05, 0.1) is 13.5 Å². The van der Waals surface area contributed by atoms with Gasteiger partial charge in [0.15, 0.2) is 0 Å². The predicted molar refractivity (Wildman–Crippen MR) is 31.8 cm³/mol. The van der Waals surface area contributed by atoms with Gasteiger partial charge in [-0.3, -0.25) is 0 Å². The van der Waals surface area contributed by atoms with Crippen molar-refractivity contribution in [1.82, 2.24) is 0 Å². The zero-order valence-corrected chi connectivity index (χ0v) is 5.86. The minimum absolute atomic E-state index is 0.583. The molecule has 0 aliphatic carbocycles. The second-order valence-corrected chi connectivity index (χ2v) is 1.89. The SMILES string of the molecule is C=C(CC(F)(F)F)C(=O)OC. The molecule has 5 heteroatoms. The fourth-order valence-electron chi connectivity index (χ4n) is 0.458. The minimum atomic E-state index is -4.40. The van der Waals surface area contributed by atoms with Gasteiger partial charge in [-0.05, 0) is 0 Å². The molecule has 2 nitrogen and oxygen atoms in total. The van der Waals surface area contributed by atoms with Crippen molar-refractivity contribution in [3.8, 4) is 0 Å². The molecule has 0 rings (SSSR count). The van der Waals surface area contributed by atoms with Crippen LogP contribution in [0.15, 0.2) is 12.2 Å². The van der Waals surface area contributed by atoms with E-state index in [0.717, 1.165) is 7.11 Å². The van der Waals surface area contributed by atoms with Crippen molar-refractivity contribution in [1.29, 1.82) is 0 Å². The van der Waals surface area contributed by atoms with Gasteiger partial charge in [-0.1, -0.05) is 6.58 Å². The van der Waals surface area contributed by atoms with Crippen LogP contribution in [0, 0.1) is 0 Å². The number of esters is 1. The first kappa shape index (κ1) is 10.0. The Kier molecular flexibility index (Phi) is 3.10. The number of carbonyl (C=O) groups is 1. The highest BCUT2D eigenvalue weighted by atomic mass is 19.4. The third-order valence-corrected chi connectivity index (χ3v) is 0.888. The van der Waals surface area contributed by atoms with E-state index in [1.165, 1.54) is 0 Å². The zero-order valence-electron chi connectivity index (χ0n) is 5.86. The molecule has 0 heterocycles. The summed E-state index contributed by atoms with van der Waals surface area (Å²) < 4.78 is 38.6. The first-order chi connectivity index (χ1) is 4.87. The number of hydrogen-bond donors (Lipinski definition) is 0. The highest BCUT2D eigenvalue weighted by Gasteiger charge is 2.30. The molecule has 0 amide bonds. The number of rotatable bonds is 2. The van der Waals surface area contributed by atoms with E-state index in [-0.39, 0.29) is 0 Å². The van der Waals surface area contributed by atoms with Gasteiger partial charge in [0.1, 0.15) is 0 Å². The van der Waals surface area contributed by atoms with E-state index in [1.807, 2.05) is 0 Å². The van der Waals surface area contributed by atoms with Crippen LogP contribution in [0.25, 0.3) is 0 Å². The molecule has 0 fully saturated rings. The van der Waals surface area contributed by atoms with Gasteiger partial charge >= 0.3 is 12.1 Å². The Hall–Kier alpha value is -1.00. The molecule has 0 saturated heterocycles. The quantitative estimate of drug-likeness (QED) is 0.463. The molecular formula is C6H7F3O2. The third-order valence-electron chi connectivity index (χ3n) is 0.888. The largest absolute Gasteiger partial charge is 0.466 e. The molecule has 0 bridgehead atoms. The van der Waals surface area contributed by atoms with E-state index in [2.05, 4.69) is 11.3 Å².